The van der Waals surface area contributed by atoms with Gasteiger partial charge in [-0.05, 0) is 64.8 Å². The molecule has 0 aliphatic heterocycles. The van der Waals surface area contributed by atoms with Crippen LogP contribution in [0.3, 0.4) is 0 Å². The fourth-order valence-corrected chi connectivity index (χ4v) is 3.56. The fraction of sp³-hybridized carbons (Fsp3) is 0.345. The zero-order chi connectivity index (χ0) is 28.3. The van der Waals surface area contributed by atoms with Crippen molar-refractivity contribution in [2.75, 3.05) is 4.90 Å². The molecule has 1 N–H and O–H groups in total. The maximum Gasteiger partial charge on any atom is 0.424 e. The van der Waals surface area contributed by atoms with Gasteiger partial charge in [-0.1, -0.05) is 42.5 Å². The van der Waals surface area contributed by atoms with E-state index in [0.29, 0.717) is 10.5 Å². The Bertz CT molecular complexity index is 1420. The molecule has 202 valence electrons. The number of nitrogens with zero attached hydrogens (tertiary/aromatic N) is 1. The third-order valence-electron chi connectivity index (χ3n) is 5.14. The van der Waals surface area contributed by atoms with Gasteiger partial charge in [0.25, 0.3) is 0 Å². The number of benzene rings is 2. The van der Waals surface area contributed by atoms with Crippen LogP contribution in [-0.2, 0) is 15.9 Å². The van der Waals surface area contributed by atoms with Gasteiger partial charge in [0.05, 0.1) is 6.26 Å². The van der Waals surface area contributed by atoms with Gasteiger partial charge in [-0.2, -0.15) is 4.90 Å². The molecule has 2 aromatic carbocycles. The van der Waals surface area contributed by atoms with E-state index in [1.54, 1.807) is 41.5 Å². The van der Waals surface area contributed by atoms with Crippen LogP contribution in [-0.4, -0.2) is 28.5 Å². The van der Waals surface area contributed by atoms with E-state index >= 15 is 0 Å². The van der Waals surface area contributed by atoms with E-state index in [4.69, 9.17) is 18.3 Å². The minimum absolute atomic E-state index is 0.147. The first-order chi connectivity index (χ1) is 17.7. The molecule has 0 saturated heterocycles. The van der Waals surface area contributed by atoms with Gasteiger partial charge in [-0.25, -0.2) is 14.4 Å². The Morgan fingerprint density at radius 1 is 0.868 bits per heavy atom. The highest BCUT2D eigenvalue weighted by molar-refractivity contribution is 6.09. The van der Waals surface area contributed by atoms with Gasteiger partial charge in [-0.3, -0.25) is 0 Å². The quantitative estimate of drug-likeness (QED) is 0.398. The molecule has 1 aromatic heterocycles. The molecule has 0 fully saturated rings. The summed E-state index contributed by atoms with van der Waals surface area (Å²) in [6.45, 7) is 11.0. The SMILES string of the molecule is Cc1oc(=O)c(N(C(=O)OC(C)(C)C)C(=O)OC(C)(C)C)cocc(Cc2cccc3ccccc23)c1O. The van der Waals surface area contributed by atoms with E-state index in [2.05, 4.69) is 0 Å². The number of hydrogen-bond donors (Lipinski definition) is 1. The standard InChI is InChI=1S/C29H33NO8/c1-18-24(31)21(15-20-13-10-12-19-11-8-9-14-22(19)20)16-35-17-23(25(32)36-18)30(26(33)37-28(2,3)4)27(34)38-29(5,6)7/h8-14,16-17,31H,15H2,1-7H3. The van der Waals surface area contributed by atoms with Crippen LogP contribution in [0.5, 0.6) is 5.75 Å². The first-order valence-corrected chi connectivity index (χ1v) is 12.1. The van der Waals surface area contributed by atoms with Crippen LogP contribution in [0.2, 0.25) is 0 Å². The number of rotatable bonds is 3. The summed E-state index contributed by atoms with van der Waals surface area (Å²) < 4.78 is 21.5. The summed E-state index contributed by atoms with van der Waals surface area (Å²) in [6.07, 6.45) is 0.0237. The molecule has 0 saturated carbocycles. The molecule has 9 heteroatoms. The maximum atomic E-state index is 13.1. The summed E-state index contributed by atoms with van der Waals surface area (Å²) in [4.78, 5) is 39.5. The smallest absolute Gasteiger partial charge is 0.424 e. The van der Waals surface area contributed by atoms with Gasteiger partial charge in [0, 0.05) is 12.0 Å². The zero-order valence-electron chi connectivity index (χ0n) is 22.7. The Hall–Kier alpha value is -4.27. The number of aromatic hydroxyl groups is 1. The molecule has 3 rings (SSSR count). The van der Waals surface area contributed by atoms with E-state index < -0.39 is 34.7 Å². The highest BCUT2D eigenvalue weighted by atomic mass is 16.6. The van der Waals surface area contributed by atoms with Crippen LogP contribution in [0.4, 0.5) is 15.3 Å². The lowest BCUT2D eigenvalue weighted by atomic mass is 9.99. The Morgan fingerprint density at radius 2 is 1.45 bits per heavy atom. The van der Waals surface area contributed by atoms with Crippen molar-refractivity contribution in [3.05, 3.63) is 82.3 Å². The molecule has 9 nitrogen and oxygen atoms in total. The molecule has 0 aliphatic rings. The number of hydrogen-bond acceptors (Lipinski definition) is 8. The molecule has 0 radical (unpaired) electrons. The van der Waals surface area contributed by atoms with Gasteiger partial charge in [-0.15, -0.1) is 0 Å². The van der Waals surface area contributed by atoms with Crippen LogP contribution in [0, 0.1) is 6.92 Å². The van der Waals surface area contributed by atoms with Crippen LogP contribution in [0.15, 0.2) is 68.6 Å². The monoisotopic (exact) mass is 523 g/mol. The van der Waals surface area contributed by atoms with Crippen LogP contribution in [0.25, 0.3) is 10.8 Å². The van der Waals surface area contributed by atoms with Crippen molar-refractivity contribution >= 4 is 28.6 Å². The fourth-order valence-electron chi connectivity index (χ4n) is 3.56. The van der Waals surface area contributed by atoms with Gasteiger partial charge in [0.15, 0.2) is 11.4 Å². The lowest BCUT2D eigenvalue weighted by Crippen LogP contribution is -2.45. The number of carbonyl (C=O) groups is 2. The first-order valence-electron chi connectivity index (χ1n) is 12.1. The highest BCUT2D eigenvalue weighted by Gasteiger charge is 2.35. The van der Waals surface area contributed by atoms with E-state index in [-0.39, 0.29) is 17.9 Å². The predicted octanol–water partition coefficient (Wildman–Crippen LogP) is 6.79. The molecule has 1 heterocycles. The van der Waals surface area contributed by atoms with E-state index in [0.717, 1.165) is 22.6 Å². The summed E-state index contributed by atoms with van der Waals surface area (Å²) >= 11 is 0. The number of anilines is 1. The van der Waals surface area contributed by atoms with E-state index in [9.17, 15) is 19.5 Å². The van der Waals surface area contributed by atoms with Crippen molar-refractivity contribution in [3.8, 4) is 5.75 Å². The molecule has 0 bridgehead atoms. The molecule has 2 amide bonds. The van der Waals surface area contributed by atoms with Crippen molar-refractivity contribution in [2.24, 2.45) is 0 Å². The second-order valence-corrected chi connectivity index (χ2v) is 10.7. The topological polar surface area (TPSA) is 119 Å². The number of fused-ring (bicyclic) bond motifs is 1. The Morgan fingerprint density at radius 3 is 2.05 bits per heavy atom. The van der Waals surface area contributed by atoms with Crippen LogP contribution < -0.4 is 10.5 Å². The summed E-state index contributed by atoms with van der Waals surface area (Å²) in [5, 5.41) is 12.9. The molecular formula is C29H33NO8. The average Bonchev–Trinajstić information content (AvgIpc) is 2.83. The van der Waals surface area contributed by atoms with Crippen molar-refractivity contribution in [1.82, 2.24) is 0 Å². The van der Waals surface area contributed by atoms with Gasteiger partial charge >= 0.3 is 17.8 Å². The normalized spacial score (nSPS) is 11.6. The Labute approximate surface area is 220 Å². The maximum absolute atomic E-state index is 13.1. The van der Waals surface area contributed by atoms with Crippen LogP contribution >= 0.6 is 0 Å². The van der Waals surface area contributed by atoms with Crippen molar-refractivity contribution in [2.45, 2.75) is 66.1 Å². The number of ether oxygens (including phenoxy) is 2. The Balaban J connectivity index is 2.16. The van der Waals surface area contributed by atoms with Gasteiger partial charge < -0.3 is 23.4 Å². The van der Waals surface area contributed by atoms with Crippen LogP contribution in [0.1, 0.15) is 58.4 Å². The number of imide groups is 1. The molecular weight excluding hydrogens is 490 g/mol. The summed E-state index contributed by atoms with van der Waals surface area (Å²) in [7, 11) is 0. The second-order valence-electron chi connectivity index (χ2n) is 10.7. The lowest BCUT2D eigenvalue weighted by molar-refractivity contribution is 0.0428. The van der Waals surface area contributed by atoms with Crippen molar-refractivity contribution in [1.29, 1.82) is 0 Å². The average molecular weight is 524 g/mol. The second kappa shape index (κ2) is 11.0. The summed E-state index contributed by atoms with van der Waals surface area (Å²) in [5.41, 5.74) is -2.49. The first kappa shape index (κ1) is 28.3. The third-order valence-corrected chi connectivity index (χ3v) is 5.14. The van der Waals surface area contributed by atoms with Crippen molar-refractivity contribution in [3.63, 3.8) is 0 Å². The largest absolute Gasteiger partial charge is 0.504 e. The Kier molecular flexibility index (Phi) is 8.19. The molecule has 0 unspecified atom stereocenters. The minimum Gasteiger partial charge on any atom is -0.504 e. The highest BCUT2D eigenvalue weighted by Crippen LogP contribution is 2.27. The molecule has 0 aliphatic carbocycles. The molecule has 3 aromatic rings. The molecule has 0 spiro atoms. The van der Waals surface area contributed by atoms with E-state index in [1.165, 1.54) is 13.2 Å². The lowest BCUT2D eigenvalue weighted by Gasteiger charge is -2.27. The van der Waals surface area contributed by atoms with Crippen molar-refractivity contribution < 1.29 is 33.0 Å². The van der Waals surface area contributed by atoms with Gasteiger partial charge in [0.1, 0.15) is 23.2 Å². The zero-order valence-corrected chi connectivity index (χ0v) is 22.7. The number of amides is 2. The third kappa shape index (κ3) is 7.15. The predicted molar refractivity (Wildman–Crippen MR) is 143 cm³/mol. The number of carbonyl (C=O) groups excluding carboxylic acids is 2. The number of aryl methyl sites for hydroxylation is 1. The molecule has 0 atom stereocenters. The minimum atomic E-state index is -1.16. The molecule has 38 heavy (non-hydrogen) atoms. The van der Waals surface area contributed by atoms with E-state index in [1.807, 2.05) is 42.5 Å². The van der Waals surface area contributed by atoms with Gasteiger partial charge in [0.2, 0.25) is 0 Å². The summed E-state index contributed by atoms with van der Waals surface area (Å²) in [6, 6.07) is 13.6. The summed E-state index contributed by atoms with van der Waals surface area (Å²) in [5.74, 6) is -0.465.